The Morgan fingerprint density at radius 1 is 1.17 bits per heavy atom. The molecule has 3 heterocycles. The van der Waals surface area contributed by atoms with E-state index in [0.29, 0.717) is 10.6 Å². The van der Waals surface area contributed by atoms with Crippen molar-refractivity contribution >= 4 is 40.1 Å². The molecule has 12 nitrogen and oxygen atoms in total. The number of likely N-dealkylation sites (N-methyl/N-ethyl adjacent to an activating group) is 1. The Morgan fingerprint density at radius 2 is 1.93 bits per heavy atom. The zero-order valence-electron chi connectivity index (χ0n) is 21.1. The van der Waals surface area contributed by atoms with Crippen LogP contribution in [0.3, 0.4) is 0 Å². The molecule has 15 heteroatoms. The molecule has 0 bridgehead atoms. The molecule has 214 valence electrons. The van der Waals surface area contributed by atoms with E-state index in [4.69, 9.17) is 21.1 Å². The molecule has 1 aliphatic rings. The number of benzene rings is 2. The summed E-state index contributed by atoms with van der Waals surface area (Å²) in [7, 11) is 1.38. The predicted octanol–water partition coefficient (Wildman–Crippen LogP) is 2.38. The summed E-state index contributed by atoms with van der Waals surface area (Å²) in [6, 6.07) is 11.4. The lowest BCUT2D eigenvalue weighted by Gasteiger charge is -2.18. The minimum absolute atomic E-state index is 0.0427. The van der Waals surface area contributed by atoms with Crippen molar-refractivity contribution in [3.63, 3.8) is 0 Å². The van der Waals surface area contributed by atoms with Crippen molar-refractivity contribution in [1.29, 1.82) is 0 Å². The van der Waals surface area contributed by atoms with E-state index in [-0.39, 0.29) is 46.2 Å². The SMILES string of the molecule is CN(C(=O)Cn1nc(-c2cccc(Cl)c2)c2oc(C(=O)NC[C@@H](O)CO)cc2c1=O)c1ccc2c(c1)OC(F)(F)O2. The van der Waals surface area contributed by atoms with E-state index >= 15 is 0 Å². The van der Waals surface area contributed by atoms with Gasteiger partial charge in [0.2, 0.25) is 5.91 Å². The third-order valence-corrected chi connectivity index (χ3v) is 6.33. The molecule has 0 unspecified atom stereocenters. The van der Waals surface area contributed by atoms with Crippen molar-refractivity contribution < 1.29 is 42.5 Å². The lowest BCUT2D eigenvalue weighted by atomic mass is 10.1. The molecular weight excluding hydrogens is 570 g/mol. The average Bonchev–Trinajstić information content (AvgIpc) is 3.52. The van der Waals surface area contributed by atoms with Gasteiger partial charge in [-0.3, -0.25) is 14.4 Å². The second kappa shape index (κ2) is 10.8. The Morgan fingerprint density at radius 3 is 2.66 bits per heavy atom. The van der Waals surface area contributed by atoms with Gasteiger partial charge >= 0.3 is 6.29 Å². The number of aliphatic hydroxyl groups is 2. The number of rotatable bonds is 8. The molecule has 0 radical (unpaired) electrons. The highest BCUT2D eigenvalue weighted by Crippen LogP contribution is 2.42. The van der Waals surface area contributed by atoms with E-state index in [9.17, 15) is 28.3 Å². The second-order valence-electron chi connectivity index (χ2n) is 8.97. The van der Waals surface area contributed by atoms with E-state index in [2.05, 4.69) is 19.9 Å². The first kappa shape index (κ1) is 28.0. The van der Waals surface area contributed by atoms with Crippen molar-refractivity contribution in [1.82, 2.24) is 15.1 Å². The van der Waals surface area contributed by atoms with Gasteiger partial charge in [-0.25, -0.2) is 4.68 Å². The highest BCUT2D eigenvalue weighted by atomic mass is 35.5. The summed E-state index contributed by atoms with van der Waals surface area (Å²) in [6.07, 6.45) is -5.03. The van der Waals surface area contributed by atoms with Crippen molar-refractivity contribution in [2.75, 3.05) is 25.1 Å². The number of furan rings is 1. The molecule has 2 amide bonds. The number of halogens is 3. The number of fused-ring (bicyclic) bond motifs is 2. The minimum Gasteiger partial charge on any atom is -0.448 e. The molecule has 2 aromatic carbocycles. The van der Waals surface area contributed by atoms with Gasteiger partial charge in [-0.15, -0.1) is 8.78 Å². The Labute approximate surface area is 234 Å². The molecule has 0 aliphatic carbocycles. The number of carbonyl (C=O) groups excluding carboxylic acids is 2. The van der Waals surface area contributed by atoms with Crippen molar-refractivity contribution in [2.45, 2.75) is 18.9 Å². The number of aliphatic hydroxyl groups excluding tert-OH is 2. The van der Waals surface area contributed by atoms with Gasteiger partial charge in [0.25, 0.3) is 11.5 Å². The van der Waals surface area contributed by atoms with Gasteiger partial charge in [0.05, 0.1) is 18.1 Å². The monoisotopic (exact) mass is 590 g/mol. The summed E-state index contributed by atoms with van der Waals surface area (Å²) in [5, 5.41) is 25.5. The van der Waals surface area contributed by atoms with Crippen LogP contribution in [0.4, 0.5) is 14.5 Å². The topological polar surface area (TPSA) is 156 Å². The largest absolute Gasteiger partial charge is 0.586 e. The fourth-order valence-corrected chi connectivity index (χ4v) is 4.20. The van der Waals surface area contributed by atoms with Crippen molar-refractivity contribution in [3.8, 4) is 22.8 Å². The smallest absolute Gasteiger partial charge is 0.448 e. The zero-order chi connectivity index (χ0) is 29.5. The van der Waals surface area contributed by atoms with Crippen LogP contribution in [0.15, 0.2) is 57.7 Å². The molecule has 0 saturated heterocycles. The Kier molecular flexibility index (Phi) is 7.38. The maximum atomic E-state index is 13.4. The molecule has 0 saturated carbocycles. The lowest BCUT2D eigenvalue weighted by Crippen LogP contribution is -2.35. The summed E-state index contributed by atoms with van der Waals surface area (Å²) in [5.41, 5.74) is -0.0791. The fourth-order valence-electron chi connectivity index (χ4n) is 4.01. The summed E-state index contributed by atoms with van der Waals surface area (Å²) in [4.78, 5) is 40.3. The molecule has 1 atom stereocenters. The number of alkyl halides is 2. The molecule has 1 aliphatic heterocycles. The molecule has 0 fully saturated rings. The average molecular weight is 591 g/mol. The van der Waals surface area contributed by atoms with Gasteiger partial charge in [-0.1, -0.05) is 23.7 Å². The van der Waals surface area contributed by atoms with Crippen LogP contribution < -0.4 is 25.2 Å². The van der Waals surface area contributed by atoms with Gasteiger partial charge in [0.15, 0.2) is 22.8 Å². The van der Waals surface area contributed by atoms with E-state index in [1.807, 2.05) is 0 Å². The third kappa shape index (κ3) is 5.70. The number of nitrogens with zero attached hydrogens (tertiary/aromatic N) is 3. The van der Waals surface area contributed by atoms with E-state index < -0.39 is 42.9 Å². The van der Waals surface area contributed by atoms with Gasteiger partial charge in [0, 0.05) is 42.0 Å². The van der Waals surface area contributed by atoms with Crippen LogP contribution in [-0.4, -0.2) is 64.4 Å². The predicted molar refractivity (Wildman–Crippen MR) is 140 cm³/mol. The summed E-state index contributed by atoms with van der Waals surface area (Å²) in [5.74, 6) is -2.13. The third-order valence-electron chi connectivity index (χ3n) is 6.09. The Hall–Kier alpha value is -4.53. The number of ether oxygens (including phenoxy) is 2. The molecule has 5 rings (SSSR count). The van der Waals surface area contributed by atoms with Gasteiger partial charge < -0.3 is 34.3 Å². The van der Waals surface area contributed by atoms with Gasteiger partial charge in [-0.05, 0) is 24.3 Å². The first-order valence-electron chi connectivity index (χ1n) is 12.0. The number of amides is 2. The second-order valence-corrected chi connectivity index (χ2v) is 9.41. The van der Waals surface area contributed by atoms with Gasteiger partial charge in [-0.2, -0.15) is 5.10 Å². The van der Waals surface area contributed by atoms with E-state index in [0.717, 1.165) is 9.58 Å². The first-order valence-corrected chi connectivity index (χ1v) is 12.4. The van der Waals surface area contributed by atoms with Crippen molar-refractivity contribution in [3.05, 3.63) is 69.7 Å². The highest BCUT2D eigenvalue weighted by Gasteiger charge is 2.43. The minimum atomic E-state index is -3.83. The zero-order valence-corrected chi connectivity index (χ0v) is 21.9. The van der Waals surface area contributed by atoms with Crippen LogP contribution in [0.25, 0.3) is 22.2 Å². The number of aromatic nitrogens is 2. The molecule has 2 aromatic heterocycles. The number of anilines is 1. The fraction of sp³-hybridized carbons (Fsp3) is 0.231. The molecular formula is C26H21ClF2N4O8. The molecule has 0 spiro atoms. The summed E-state index contributed by atoms with van der Waals surface area (Å²) >= 11 is 6.15. The summed E-state index contributed by atoms with van der Waals surface area (Å²) < 4.78 is 42.2. The first-order chi connectivity index (χ1) is 19.5. The Balaban J connectivity index is 1.50. The molecule has 41 heavy (non-hydrogen) atoms. The number of hydrogen-bond acceptors (Lipinski definition) is 9. The lowest BCUT2D eigenvalue weighted by molar-refractivity contribution is -0.286. The maximum absolute atomic E-state index is 13.4. The van der Waals surface area contributed by atoms with Crippen LogP contribution in [0.2, 0.25) is 5.02 Å². The number of nitrogens with one attached hydrogen (secondary N) is 1. The van der Waals surface area contributed by atoms with Crippen molar-refractivity contribution in [2.24, 2.45) is 0 Å². The maximum Gasteiger partial charge on any atom is 0.586 e. The highest BCUT2D eigenvalue weighted by molar-refractivity contribution is 6.30. The summed E-state index contributed by atoms with van der Waals surface area (Å²) in [6.45, 7) is -1.41. The normalized spacial score (nSPS) is 14.2. The van der Waals surface area contributed by atoms with E-state index in [1.54, 1.807) is 24.3 Å². The van der Waals surface area contributed by atoms with E-state index in [1.165, 1.54) is 31.3 Å². The Bertz CT molecular complexity index is 1720. The molecule has 4 aromatic rings. The quantitative estimate of drug-likeness (QED) is 0.280. The van der Waals surface area contributed by atoms with Crippen LogP contribution >= 0.6 is 11.6 Å². The van der Waals surface area contributed by atoms with Crippen LogP contribution in [0.1, 0.15) is 10.6 Å². The number of hydrogen-bond donors (Lipinski definition) is 3. The number of carbonyl (C=O) groups is 2. The van der Waals surface area contributed by atoms with Crippen LogP contribution in [0, 0.1) is 0 Å². The van der Waals surface area contributed by atoms with Crippen LogP contribution in [0.5, 0.6) is 11.5 Å². The molecule has 3 N–H and O–H groups in total. The van der Waals surface area contributed by atoms with Crippen LogP contribution in [-0.2, 0) is 11.3 Å². The van der Waals surface area contributed by atoms with Gasteiger partial charge in [0.1, 0.15) is 12.2 Å². The standard InChI is InChI=1S/C26H21ClF2N4O8/c1-32(15-5-6-18-19(8-15)41-26(28,29)40-18)21(36)11-33-25(38)17-9-20(24(37)30-10-16(35)12-34)39-23(17)22(31-33)13-3-2-4-14(27)7-13/h2-9,16,34-35H,10-12H2,1H3,(H,30,37)/t16-/m1/s1.